The molecule has 0 saturated heterocycles. The summed E-state index contributed by atoms with van der Waals surface area (Å²) in [5.41, 5.74) is 3.72. The summed E-state index contributed by atoms with van der Waals surface area (Å²) in [6.07, 6.45) is 1.40. The summed E-state index contributed by atoms with van der Waals surface area (Å²) in [7, 11) is 0. The lowest BCUT2D eigenvalue weighted by Crippen LogP contribution is -2.07. The van der Waals surface area contributed by atoms with E-state index in [1.165, 1.54) is 0 Å². The number of aromatic nitrogens is 1. The zero-order chi connectivity index (χ0) is 13.4. The van der Waals surface area contributed by atoms with Crippen molar-refractivity contribution in [3.8, 4) is 11.3 Å². The molecule has 0 spiro atoms. The van der Waals surface area contributed by atoms with E-state index in [-0.39, 0.29) is 5.92 Å². The molecule has 1 heterocycles. The minimum absolute atomic E-state index is 0.390. The van der Waals surface area contributed by atoms with E-state index < -0.39 is 5.97 Å². The Morgan fingerprint density at radius 2 is 2.16 bits per heavy atom. The molecule has 0 radical (unpaired) electrons. The van der Waals surface area contributed by atoms with E-state index in [4.69, 9.17) is 5.11 Å². The predicted octanol–water partition coefficient (Wildman–Crippen LogP) is 3.63. The van der Waals surface area contributed by atoms with Gasteiger partial charge >= 0.3 is 5.97 Å². The van der Waals surface area contributed by atoms with Gasteiger partial charge in [-0.05, 0) is 36.6 Å². The van der Waals surface area contributed by atoms with Crippen LogP contribution in [-0.2, 0) is 11.2 Å². The maximum Gasteiger partial charge on any atom is 0.311 e. The zero-order valence-electron chi connectivity index (χ0n) is 10.1. The van der Waals surface area contributed by atoms with Gasteiger partial charge in [0.05, 0.1) is 11.6 Å². The highest BCUT2D eigenvalue weighted by molar-refractivity contribution is 9.10. The van der Waals surface area contributed by atoms with Crippen molar-refractivity contribution < 1.29 is 9.90 Å². The lowest BCUT2D eigenvalue weighted by molar-refractivity contribution is -0.138. The van der Waals surface area contributed by atoms with Crippen molar-refractivity contribution in [2.24, 2.45) is 0 Å². The van der Waals surface area contributed by atoms with Gasteiger partial charge in [0.2, 0.25) is 0 Å². The van der Waals surface area contributed by atoms with Crippen LogP contribution in [0, 0.1) is 0 Å². The number of halogens is 1. The molecule has 3 nitrogen and oxygen atoms in total. The van der Waals surface area contributed by atoms with E-state index in [0.717, 1.165) is 33.4 Å². The average Bonchev–Trinajstić information content (AvgIpc) is 2.81. The minimum Gasteiger partial charge on any atom is -0.481 e. The summed E-state index contributed by atoms with van der Waals surface area (Å²) in [5.74, 6) is -1.14. The number of aryl methyl sites for hydroxylation is 1. The fourth-order valence-electron chi connectivity index (χ4n) is 2.53. The Hall–Kier alpha value is -1.68. The second kappa shape index (κ2) is 4.78. The number of carbonyl (C=O) groups is 1. The van der Waals surface area contributed by atoms with Crippen LogP contribution >= 0.6 is 15.9 Å². The number of hydrogen-bond acceptors (Lipinski definition) is 2. The monoisotopic (exact) mass is 317 g/mol. The molecule has 19 heavy (non-hydrogen) atoms. The molecule has 1 aliphatic carbocycles. The topological polar surface area (TPSA) is 50.2 Å². The average molecular weight is 318 g/mol. The van der Waals surface area contributed by atoms with Gasteiger partial charge in [-0.25, -0.2) is 0 Å². The minimum atomic E-state index is -0.754. The molecule has 1 atom stereocenters. The number of aliphatic carboxylic acids is 1. The molecular formula is C15H12BrNO2. The van der Waals surface area contributed by atoms with Crippen molar-refractivity contribution in [3.63, 3.8) is 0 Å². The molecule has 1 unspecified atom stereocenters. The van der Waals surface area contributed by atoms with Crippen molar-refractivity contribution in [3.05, 3.63) is 52.1 Å². The molecule has 1 aromatic heterocycles. The largest absolute Gasteiger partial charge is 0.481 e. The third kappa shape index (κ3) is 2.28. The Morgan fingerprint density at radius 1 is 1.32 bits per heavy atom. The van der Waals surface area contributed by atoms with Crippen LogP contribution in [0.4, 0.5) is 0 Å². The van der Waals surface area contributed by atoms with Crippen molar-refractivity contribution in [2.75, 3.05) is 0 Å². The van der Waals surface area contributed by atoms with Crippen molar-refractivity contribution in [2.45, 2.75) is 18.8 Å². The Bertz CT molecular complexity index is 654. The van der Waals surface area contributed by atoms with Crippen molar-refractivity contribution in [1.29, 1.82) is 0 Å². The third-order valence-electron chi connectivity index (χ3n) is 3.47. The summed E-state index contributed by atoms with van der Waals surface area (Å²) in [4.78, 5) is 15.7. The maximum atomic E-state index is 11.1. The summed E-state index contributed by atoms with van der Waals surface area (Å²) in [5, 5.41) is 9.15. The van der Waals surface area contributed by atoms with Crippen LogP contribution in [0.3, 0.4) is 0 Å². The molecule has 1 aromatic carbocycles. The quantitative estimate of drug-likeness (QED) is 0.920. The van der Waals surface area contributed by atoms with Gasteiger partial charge in [-0.3, -0.25) is 9.78 Å². The standard InChI is InChI=1S/C15H12BrNO2/c16-10-3-1-2-9(8-10)13-6-4-11-12(15(18)19)5-7-14(11)17-13/h1-4,6,8,12H,5,7H2,(H,18,19). The van der Waals surface area contributed by atoms with E-state index in [1.54, 1.807) is 0 Å². The first-order chi connectivity index (χ1) is 9.15. The summed E-state index contributed by atoms with van der Waals surface area (Å²) >= 11 is 3.44. The fraction of sp³-hybridized carbons (Fsp3) is 0.200. The Kier molecular flexibility index (Phi) is 3.11. The number of fused-ring (bicyclic) bond motifs is 1. The van der Waals surface area contributed by atoms with Crippen LogP contribution in [0.1, 0.15) is 23.6 Å². The highest BCUT2D eigenvalue weighted by atomic mass is 79.9. The second-order valence-corrected chi connectivity index (χ2v) is 5.59. The first-order valence-electron chi connectivity index (χ1n) is 6.14. The third-order valence-corrected chi connectivity index (χ3v) is 3.97. The van der Waals surface area contributed by atoms with E-state index >= 15 is 0 Å². The van der Waals surface area contributed by atoms with Crippen LogP contribution < -0.4 is 0 Å². The van der Waals surface area contributed by atoms with Crippen LogP contribution in [-0.4, -0.2) is 16.1 Å². The molecule has 96 valence electrons. The number of carboxylic acids is 1. The maximum absolute atomic E-state index is 11.1. The number of pyridine rings is 1. The number of hydrogen-bond donors (Lipinski definition) is 1. The number of rotatable bonds is 2. The lowest BCUT2D eigenvalue weighted by Gasteiger charge is -2.07. The molecule has 4 heteroatoms. The first kappa shape index (κ1) is 12.4. The molecular weight excluding hydrogens is 306 g/mol. The number of benzene rings is 1. The van der Waals surface area contributed by atoms with E-state index in [9.17, 15) is 4.79 Å². The number of nitrogens with zero attached hydrogens (tertiary/aromatic N) is 1. The van der Waals surface area contributed by atoms with E-state index in [2.05, 4.69) is 20.9 Å². The van der Waals surface area contributed by atoms with Gasteiger partial charge in [-0.15, -0.1) is 0 Å². The van der Waals surface area contributed by atoms with Crippen LogP contribution in [0.5, 0.6) is 0 Å². The highest BCUT2D eigenvalue weighted by Crippen LogP contribution is 2.34. The van der Waals surface area contributed by atoms with Gasteiger partial charge in [0.25, 0.3) is 0 Å². The SMILES string of the molecule is O=C(O)C1CCc2nc(-c3cccc(Br)c3)ccc21. The van der Waals surface area contributed by atoms with Gasteiger partial charge in [0.15, 0.2) is 0 Å². The Balaban J connectivity index is 2.02. The van der Waals surface area contributed by atoms with Gasteiger partial charge in [-0.1, -0.05) is 34.1 Å². The van der Waals surface area contributed by atoms with E-state index in [1.807, 2.05) is 36.4 Å². The van der Waals surface area contributed by atoms with Gasteiger partial charge in [0.1, 0.15) is 0 Å². The molecule has 2 aromatic rings. The fourth-order valence-corrected chi connectivity index (χ4v) is 2.93. The number of carboxylic acid groups (broad SMARTS) is 1. The van der Waals surface area contributed by atoms with Crippen LogP contribution in [0.2, 0.25) is 0 Å². The molecule has 0 bridgehead atoms. The van der Waals surface area contributed by atoms with Crippen molar-refractivity contribution >= 4 is 21.9 Å². The molecule has 0 amide bonds. The molecule has 0 fully saturated rings. The molecule has 1 aliphatic rings. The summed E-state index contributed by atoms with van der Waals surface area (Å²) in [6.45, 7) is 0. The van der Waals surface area contributed by atoms with Crippen molar-refractivity contribution in [1.82, 2.24) is 4.98 Å². The molecule has 3 rings (SSSR count). The highest BCUT2D eigenvalue weighted by Gasteiger charge is 2.29. The molecule has 0 saturated carbocycles. The predicted molar refractivity (Wildman–Crippen MR) is 76.1 cm³/mol. The molecule has 0 aliphatic heterocycles. The Labute approximate surface area is 119 Å². The van der Waals surface area contributed by atoms with Gasteiger partial charge in [-0.2, -0.15) is 0 Å². The van der Waals surface area contributed by atoms with Crippen LogP contribution in [0.15, 0.2) is 40.9 Å². The van der Waals surface area contributed by atoms with Gasteiger partial charge in [0, 0.05) is 15.7 Å². The van der Waals surface area contributed by atoms with E-state index in [0.29, 0.717) is 6.42 Å². The second-order valence-electron chi connectivity index (χ2n) is 4.67. The first-order valence-corrected chi connectivity index (χ1v) is 6.93. The summed E-state index contributed by atoms with van der Waals surface area (Å²) < 4.78 is 1.01. The summed E-state index contributed by atoms with van der Waals surface area (Å²) in [6, 6.07) is 11.8. The normalized spacial score (nSPS) is 17.2. The molecule has 1 N–H and O–H groups in total. The Morgan fingerprint density at radius 3 is 2.89 bits per heavy atom. The lowest BCUT2D eigenvalue weighted by atomic mass is 10.0. The van der Waals surface area contributed by atoms with Gasteiger partial charge < -0.3 is 5.11 Å². The zero-order valence-corrected chi connectivity index (χ0v) is 11.7. The van der Waals surface area contributed by atoms with Crippen LogP contribution in [0.25, 0.3) is 11.3 Å². The smallest absolute Gasteiger partial charge is 0.311 e.